The van der Waals surface area contributed by atoms with Crippen LogP contribution < -0.4 is 0 Å². The number of carboxylic acids is 1. The van der Waals surface area contributed by atoms with Gasteiger partial charge in [-0.15, -0.1) is 0 Å². The highest BCUT2D eigenvalue weighted by Gasteiger charge is 2.39. The Hall–Kier alpha value is -2.44. The number of hydrogen-bond acceptors (Lipinski definition) is 4. The topological polar surface area (TPSA) is 101 Å². The monoisotopic (exact) mass is 320 g/mol. The molecule has 1 fully saturated rings. The molecule has 1 N–H and O–H groups in total. The highest BCUT2D eigenvalue weighted by molar-refractivity contribution is 5.79. The van der Waals surface area contributed by atoms with Crippen LogP contribution in [0.5, 0.6) is 0 Å². The van der Waals surface area contributed by atoms with Gasteiger partial charge in [0.25, 0.3) is 5.69 Å². The van der Waals surface area contributed by atoms with Crippen LogP contribution in [0.1, 0.15) is 31.7 Å². The van der Waals surface area contributed by atoms with Gasteiger partial charge in [-0.2, -0.15) is 0 Å². The maximum Gasteiger partial charge on any atom is 0.311 e. The number of likely N-dealkylation sites (tertiary alicyclic amines) is 1. The minimum absolute atomic E-state index is 0.00590. The molecule has 7 nitrogen and oxygen atoms in total. The van der Waals surface area contributed by atoms with Crippen molar-refractivity contribution in [1.82, 2.24) is 4.90 Å². The Kier molecular flexibility index (Phi) is 4.98. The highest BCUT2D eigenvalue weighted by atomic mass is 16.6. The summed E-state index contributed by atoms with van der Waals surface area (Å²) < 4.78 is 0. The number of nitro benzene ring substituents is 1. The van der Waals surface area contributed by atoms with E-state index in [0.717, 1.165) is 5.56 Å². The van der Waals surface area contributed by atoms with E-state index < -0.39 is 16.3 Å². The van der Waals surface area contributed by atoms with Crippen molar-refractivity contribution in [3.63, 3.8) is 0 Å². The lowest BCUT2D eigenvalue weighted by Crippen LogP contribution is -2.48. The molecule has 1 aliphatic heterocycles. The number of aliphatic carboxylic acids is 1. The van der Waals surface area contributed by atoms with E-state index in [9.17, 15) is 24.8 Å². The number of carbonyl (C=O) groups excluding carboxylic acids is 1. The number of amides is 1. The molecule has 1 aliphatic rings. The number of rotatable bonds is 5. The zero-order valence-electron chi connectivity index (χ0n) is 13.0. The first-order valence-electron chi connectivity index (χ1n) is 7.56. The Morgan fingerprint density at radius 1 is 1.43 bits per heavy atom. The third-order valence-electron chi connectivity index (χ3n) is 4.31. The molecule has 0 bridgehead atoms. The quantitative estimate of drug-likeness (QED) is 0.662. The Morgan fingerprint density at radius 2 is 2.17 bits per heavy atom. The lowest BCUT2D eigenvalue weighted by molar-refractivity contribution is -0.384. The zero-order valence-corrected chi connectivity index (χ0v) is 13.0. The van der Waals surface area contributed by atoms with Gasteiger partial charge in [0.15, 0.2) is 0 Å². The molecule has 0 saturated carbocycles. The van der Waals surface area contributed by atoms with E-state index in [1.165, 1.54) is 12.1 Å². The van der Waals surface area contributed by atoms with E-state index in [-0.39, 0.29) is 24.6 Å². The van der Waals surface area contributed by atoms with Gasteiger partial charge in [-0.3, -0.25) is 19.7 Å². The van der Waals surface area contributed by atoms with Crippen LogP contribution in [0.25, 0.3) is 0 Å². The second-order valence-corrected chi connectivity index (χ2v) is 6.21. The molecule has 0 aliphatic carbocycles. The van der Waals surface area contributed by atoms with E-state index in [2.05, 4.69) is 0 Å². The number of non-ortho nitro benzene ring substituents is 1. The summed E-state index contributed by atoms with van der Waals surface area (Å²) in [5, 5.41) is 20.0. The molecule has 1 aromatic rings. The summed E-state index contributed by atoms with van der Waals surface area (Å²) in [6.07, 6.45) is 1.86. The normalized spacial score (nSPS) is 21.0. The third kappa shape index (κ3) is 4.06. The van der Waals surface area contributed by atoms with Crippen LogP contribution in [-0.4, -0.2) is 39.9 Å². The Balaban J connectivity index is 1.96. The second kappa shape index (κ2) is 6.76. The number of nitrogens with zero attached hydrogens (tertiary/aromatic N) is 2. The van der Waals surface area contributed by atoms with Crippen molar-refractivity contribution in [3.8, 4) is 0 Å². The number of nitro groups is 1. The van der Waals surface area contributed by atoms with Crippen molar-refractivity contribution in [1.29, 1.82) is 0 Å². The van der Waals surface area contributed by atoms with Crippen LogP contribution in [0.2, 0.25) is 0 Å². The maximum atomic E-state index is 12.3. The van der Waals surface area contributed by atoms with Crippen molar-refractivity contribution in [3.05, 3.63) is 39.9 Å². The molecule has 1 atom stereocenters. The average Bonchev–Trinajstić information content (AvgIpc) is 2.52. The number of hydrogen-bond donors (Lipinski definition) is 1. The Morgan fingerprint density at radius 3 is 2.83 bits per heavy atom. The summed E-state index contributed by atoms with van der Waals surface area (Å²) >= 11 is 0. The van der Waals surface area contributed by atoms with Crippen molar-refractivity contribution < 1.29 is 19.6 Å². The van der Waals surface area contributed by atoms with Crippen molar-refractivity contribution in [2.24, 2.45) is 5.41 Å². The van der Waals surface area contributed by atoms with Gasteiger partial charge in [-0.1, -0.05) is 12.1 Å². The molecule has 1 heterocycles. The number of aryl methyl sites for hydroxylation is 1. The van der Waals surface area contributed by atoms with Gasteiger partial charge in [0, 0.05) is 31.6 Å². The number of piperidine rings is 1. The molecule has 1 aromatic carbocycles. The predicted octanol–water partition coefficient (Wildman–Crippen LogP) is 2.24. The fourth-order valence-electron chi connectivity index (χ4n) is 2.86. The smallest absolute Gasteiger partial charge is 0.311 e. The molecule has 0 aromatic heterocycles. The van der Waals surface area contributed by atoms with Crippen LogP contribution in [0.4, 0.5) is 5.69 Å². The highest BCUT2D eigenvalue weighted by Crippen LogP contribution is 2.30. The first-order valence-corrected chi connectivity index (χ1v) is 7.56. The second-order valence-electron chi connectivity index (χ2n) is 6.21. The number of carboxylic acid groups (broad SMARTS) is 1. The summed E-state index contributed by atoms with van der Waals surface area (Å²) in [6, 6.07) is 6.22. The first-order chi connectivity index (χ1) is 10.8. The summed E-state index contributed by atoms with van der Waals surface area (Å²) in [5.41, 5.74) is -0.156. The third-order valence-corrected chi connectivity index (χ3v) is 4.31. The SMILES string of the molecule is CC1(C(=O)O)CCCN(C(=O)CCc2cccc([N+](=O)[O-])c2)C1. The van der Waals surface area contributed by atoms with E-state index in [1.54, 1.807) is 24.0 Å². The lowest BCUT2D eigenvalue weighted by Gasteiger charge is -2.37. The standard InChI is InChI=1S/C16H20N2O5/c1-16(15(20)21)8-3-9-17(11-16)14(19)7-6-12-4-2-5-13(10-12)18(22)23/h2,4-5,10H,3,6-9,11H2,1H3,(H,20,21). The molecule has 124 valence electrons. The molecule has 1 amide bonds. The average molecular weight is 320 g/mol. The van der Waals surface area contributed by atoms with Crippen molar-refractivity contribution in [2.45, 2.75) is 32.6 Å². The van der Waals surface area contributed by atoms with E-state index in [0.29, 0.717) is 25.8 Å². The molecule has 0 spiro atoms. The van der Waals surface area contributed by atoms with Gasteiger partial charge in [0.05, 0.1) is 10.3 Å². The Labute approximate surface area is 134 Å². The van der Waals surface area contributed by atoms with Gasteiger partial charge in [-0.25, -0.2) is 0 Å². The van der Waals surface area contributed by atoms with Crippen LogP contribution in [-0.2, 0) is 16.0 Å². The predicted molar refractivity (Wildman–Crippen MR) is 83.0 cm³/mol. The molecule has 0 radical (unpaired) electrons. The molecular weight excluding hydrogens is 300 g/mol. The molecule has 2 rings (SSSR count). The van der Waals surface area contributed by atoms with Crippen LogP contribution in [0, 0.1) is 15.5 Å². The summed E-state index contributed by atoms with van der Waals surface area (Å²) in [4.78, 5) is 35.5. The molecular formula is C16H20N2O5. The first kappa shape index (κ1) is 16.9. The largest absolute Gasteiger partial charge is 0.481 e. The Bertz CT molecular complexity index is 631. The minimum Gasteiger partial charge on any atom is -0.481 e. The lowest BCUT2D eigenvalue weighted by atomic mass is 9.82. The van der Waals surface area contributed by atoms with Gasteiger partial charge in [-0.05, 0) is 31.7 Å². The fourth-order valence-corrected chi connectivity index (χ4v) is 2.86. The van der Waals surface area contributed by atoms with Gasteiger partial charge in [0.2, 0.25) is 5.91 Å². The van der Waals surface area contributed by atoms with Crippen LogP contribution in [0.3, 0.4) is 0 Å². The van der Waals surface area contributed by atoms with E-state index >= 15 is 0 Å². The van der Waals surface area contributed by atoms with Gasteiger partial charge >= 0.3 is 5.97 Å². The van der Waals surface area contributed by atoms with Crippen molar-refractivity contribution in [2.75, 3.05) is 13.1 Å². The number of carbonyl (C=O) groups is 2. The molecule has 7 heteroatoms. The number of benzene rings is 1. The van der Waals surface area contributed by atoms with Crippen LogP contribution in [0.15, 0.2) is 24.3 Å². The summed E-state index contributed by atoms with van der Waals surface area (Å²) in [5.74, 6) is -0.989. The fraction of sp³-hybridized carbons (Fsp3) is 0.500. The maximum absolute atomic E-state index is 12.3. The van der Waals surface area contributed by atoms with E-state index in [1.807, 2.05) is 0 Å². The summed E-state index contributed by atoms with van der Waals surface area (Å²) in [6.45, 7) is 2.45. The van der Waals surface area contributed by atoms with Gasteiger partial charge < -0.3 is 10.0 Å². The summed E-state index contributed by atoms with van der Waals surface area (Å²) in [7, 11) is 0. The van der Waals surface area contributed by atoms with Gasteiger partial charge in [0.1, 0.15) is 0 Å². The van der Waals surface area contributed by atoms with E-state index in [4.69, 9.17) is 0 Å². The minimum atomic E-state index is -0.889. The molecule has 1 unspecified atom stereocenters. The zero-order chi connectivity index (χ0) is 17.0. The van der Waals surface area contributed by atoms with Crippen molar-refractivity contribution >= 4 is 17.6 Å². The molecule has 23 heavy (non-hydrogen) atoms. The van der Waals surface area contributed by atoms with Crippen LogP contribution >= 0.6 is 0 Å². The molecule has 1 saturated heterocycles.